The number of halogens is 5. The maximum absolute atomic E-state index is 13.7. The summed E-state index contributed by atoms with van der Waals surface area (Å²) in [6, 6.07) is 9.61. The number of ether oxygens (including phenoxy) is 2. The van der Waals surface area contributed by atoms with E-state index < -0.39 is 40.6 Å². The number of fused-ring (bicyclic) bond motifs is 2. The van der Waals surface area contributed by atoms with Crippen molar-refractivity contribution in [2.45, 2.75) is 26.7 Å². The number of Topliss-reactive ketones (excluding diaryl/α,β-unsaturated/α-hetero) is 2. The first-order chi connectivity index (χ1) is 18.5. The number of ketones is 2. The summed E-state index contributed by atoms with van der Waals surface area (Å²) in [6.45, 7) is 3.89. The standard InChI is InChI=1S/C17H9F5O3.C11H10O3/c1-6-5-7-3-2-4-8(9(7)16(6)23)25-17(24)10-11(18)13(20)15(22)14(21)12(10)19;1-7-5-8-3-2-4-9(14-6-12)10(8)11(7)13/h2-4,6H,5H2,1H3;2-4,6-7H,5H2,1H3. The maximum Gasteiger partial charge on any atom is 0.349 e. The molecule has 0 spiro atoms. The number of carbonyl (C=O) groups excluding carboxylic acids is 4. The highest BCUT2D eigenvalue weighted by atomic mass is 19.2. The van der Waals surface area contributed by atoms with Gasteiger partial charge in [-0.2, -0.15) is 0 Å². The summed E-state index contributed by atoms with van der Waals surface area (Å²) in [5.74, 6) is -13.8. The summed E-state index contributed by atoms with van der Waals surface area (Å²) >= 11 is 0. The molecule has 3 aromatic carbocycles. The average molecular weight is 546 g/mol. The monoisotopic (exact) mass is 546 g/mol. The molecule has 11 heteroatoms. The molecule has 0 fully saturated rings. The van der Waals surface area contributed by atoms with Crippen molar-refractivity contribution in [3.05, 3.63) is 93.3 Å². The Bertz CT molecular complexity index is 1500. The summed E-state index contributed by atoms with van der Waals surface area (Å²) in [5.41, 5.74) is 0.467. The number of carbonyl (C=O) groups is 4. The number of esters is 1. The van der Waals surface area contributed by atoms with E-state index in [1.807, 2.05) is 13.0 Å². The first-order valence-electron chi connectivity index (χ1n) is 11.6. The fourth-order valence-electron chi connectivity index (χ4n) is 4.56. The molecular formula is C28H19F5O6. The SMILES string of the molecule is CC1Cc2cccc(OC(=O)c3c(F)c(F)c(F)c(F)c3F)c2C1=O.CC1Cc2cccc(OC=O)c2C1=O. The molecule has 0 heterocycles. The van der Waals surface area contributed by atoms with Crippen molar-refractivity contribution in [2.24, 2.45) is 11.8 Å². The predicted octanol–water partition coefficient (Wildman–Crippen LogP) is 5.57. The van der Waals surface area contributed by atoms with E-state index in [0.717, 1.165) is 12.0 Å². The Balaban J connectivity index is 0.000000212. The van der Waals surface area contributed by atoms with Gasteiger partial charge in [-0.25, -0.2) is 26.7 Å². The van der Waals surface area contributed by atoms with Gasteiger partial charge in [0.25, 0.3) is 6.47 Å². The Labute approximate surface area is 218 Å². The van der Waals surface area contributed by atoms with Crippen molar-refractivity contribution in [1.82, 2.24) is 0 Å². The van der Waals surface area contributed by atoms with Crippen molar-refractivity contribution in [2.75, 3.05) is 0 Å². The first kappa shape index (κ1) is 27.6. The van der Waals surface area contributed by atoms with Crippen LogP contribution in [-0.2, 0) is 17.6 Å². The Kier molecular flexibility index (Phi) is 7.62. The second kappa shape index (κ2) is 10.8. The van der Waals surface area contributed by atoms with E-state index in [1.54, 1.807) is 25.1 Å². The minimum atomic E-state index is -2.38. The fourth-order valence-corrected chi connectivity index (χ4v) is 4.56. The molecule has 5 rings (SSSR count). The van der Waals surface area contributed by atoms with Gasteiger partial charge in [0.1, 0.15) is 17.1 Å². The molecule has 0 radical (unpaired) electrons. The zero-order chi connectivity index (χ0) is 28.6. The Hall–Kier alpha value is -4.41. The normalized spacial score (nSPS) is 17.2. The van der Waals surface area contributed by atoms with Crippen LogP contribution in [0, 0.1) is 40.9 Å². The minimum absolute atomic E-state index is 0.00130. The molecule has 2 atom stereocenters. The Morgan fingerprint density at radius 3 is 1.67 bits per heavy atom. The van der Waals surface area contributed by atoms with Gasteiger partial charge >= 0.3 is 5.97 Å². The smallest absolute Gasteiger partial charge is 0.349 e. The Morgan fingerprint density at radius 2 is 1.18 bits per heavy atom. The number of benzene rings is 3. The molecule has 39 heavy (non-hydrogen) atoms. The second-order valence-electron chi connectivity index (χ2n) is 9.07. The van der Waals surface area contributed by atoms with Crippen LogP contribution in [-0.4, -0.2) is 24.0 Å². The fraction of sp³-hybridized carbons (Fsp3) is 0.214. The van der Waals surface area contributed by atoms with Crippen LogP contribution >= 0.6 is 0 Å². The zero-order valence-corrected chi connectivity index (χ0v) is 20.4. The molecule has 0 saturated heterocycles. The second-order valence-corrected chi connectivity index (χ2v) is 9.07. The maximum atomic E-state index is 13.7. The van der Waals surface area contributed by atoms with Gasteiger partial charge in [-0.15, -0.1) is 0 Å². The molecule has 3 aromatic rings. The lowest BCUT2D eigenvalue weighted by molar-refractivity contribution is -0.120. The lowest BCUT2D eigenvalue weighted by Gasteiger charge is -2.10. The van der Waals surface area contributed by atoms with Crippen LogP contribution in [0.1, 0.15) is 56.0 Å². The highest BCUT2D eigenvalue weighted by molar-refractivity contribution is 6.05. The average Bonchev–Trinajstić information content (AvgIpc) is 3.37. The van der Waals surface area contributed by atoms with Crippen LogP contribution in [0.2, 0.25) is 0 Å². The quantitative estimate of drug-likeness (QED) is 0.106. The van der Waals surface area contributed by atoms with E-state index in [-0.39, 0.29) is 34.7 Å². The van der Waals surface area contributed by atoms with Gasteiger partial charge in [0, 0.05) is 11.8 Å². The molecule has 202 valence electrons. The van der Waals surface area contributed by atoms with E-state index in [9.17, 15) is 41.1 Å². The molecule has 2 aliphatic rings. The molecular weight excluding hydrogens is 527 g/mol. The number of hydrogen-bond acceptors (Lipinski definition) is 6. The van der Waals surface area contributed by atoms with Crippen molar-refractivity contribution >= 4 is 24.0 Å². The van der Waals surface area contributed by atoms with Crippen molar-refractivity contribution < 1.29 is 50.6 Å². The number of rotatable bonds is 4. The first-order valence-corrected chi connectivity index (χ1v) is 11.6. The molecule has 0 aromatic heterocycles. The summed E-state index contributed by atoms with van der Waals surface area (Å²) in [7, 11) is 0. The van der Waals surface area contributed by atoms with Crippen LogP contribution in [0.3, 0.4) is 0 Å². The molecule has 0 bridgehead atoms. The molecule has 2 unspecified atom stereocenters. The summed E-state index contributed by atoms with van der Waals surface area (Å²) < 4.78 is 76.4. The summed E-state index contributed by atoms with van der Waals surface area (Å²) in [6.07, 6.45) is 1.13. The van der Waals surface area contributed by atoms with Crippen LogP contribution in [0.15, 0.2) is 36.4 Å². The zero-order valence-electron chi connectivity index (χ0n) is 20.4. The van der Waals surface area contributed by atoms with E-state index in [0.29, 0.717) is 29.8 Å². The van der Waals surface area contributed by atoms with Crippen molar-refractivity contribution in [3.8, 4) is 11.5 Å². The highest BCUT2D eigenvalue weighted by Crippen LogP contribution is 2.35. The van der Waals surface area contributed by atoms with Gasteiger partial charge in [-0.05, 0) is 36.1 Å². The van der Waals surface area contributed by atoms with Gasteiger partial charge in [0.2, 0.25) is 5.82 Å². The van der Waals surface area contributed by atoms with Crippen LogP contribution in [0.4, 0.5) is 22.0 Å². The Morgan fingerprint density at radius 1 is 0.744 bits per heavy atom. The van der Waals surface area contributed by atoms with Crippen LogP contribution < -0.4 is 9.47 Å². The third-order valence-corrected chi connectivity index (χ3v) is 6.46. The third kappa shape index (κ3) is 4.91. The molecule has 0 aliphatic heterocycles. The lowest BCUT2D eigenvalue weighted by atomic mass is 10.1. The highest BCUT2D eigenvalue weighted by Gasteiger charge is 2.34. The van der Waals surface area contributed by atoms with Crippen LogP contribution in [0.25, 0.3) is 0 Å². The van der Waals surface area contributed by atoms with Gasteiger partial charge in [-0.3, -0.25) is 14.4 Å². The van der Waals surface area contributed by atoms with E-state index in [4.69, 9.17) is 9.47 Å². The van der Waals surface area contributed by atoms with Crippen LogP contribution in [0.5, 0.6) is 11.5 Å². The number of hydrogen-bond donors (Lipinski definition) is 0. The van der Waals surface area contributed by atoms with Gasteiger partial charge in [-0.1, -0.05) is 38.1 Å². The predicted molar refractivity (Wildman–Crippen MR) is 125 cm³/mol. The summed E-state index contributed by atoms with van der Waals surface area (Å²) in [4.78, 5) is 46.0. The van der Waals surface area contributed by atoms with Gasteiger partial charge in [0.15, 0.2) is 34.8 Å². The topological polar surface area (TPSA) is 86.7 Å². The molecule has 2 aliphatic carbocycles. The van der Waals surface area contributed by atoms with Crippen molar-refractivity contribution in [1.29, 1.82) is 0 Å². The van der Waals surface area contributed by atoms with Gasteiger partial charge < -0.3 is 9.47 Å². The third-order valence-electron chi connectivity index (χ3n) is 6.46. The van der Waals surface area contributed by atoms with E-state index in [2.05, 4.69) is 0 Å². The molecule has 0 saturated carbocycles. The molecule has 0 amide bonds. The summed E-state index contributed by atoms with van der Waals surface area (Å²) in [5, 5.41) is 0. The molecule has 6 nitrogen and oxygen atoms in total. The minimum Gasteiger partial charge on any atom is -0.428 e. The van der Waals surface area contributed by atoms with E-state index >= 15 is 0 Å². The lowest BCUT2D eigenvalue weighted by Crippen LogP contribution is -2.18. The van der Waals surface area contributed by atoms with Crippen molar-refractivity contribution in [3.63, 3.8) is 0 Å². The largest absolute Gasteiger partial charge is 0.428 e. The van der Waals surface area contributed by atoms with E-state index in [1.165, 1.54) is 12.1 Å². The van der Waals surface area contributed by atoms with Gasteiger partial charge in [0.05, 0.1) is 11.1 Å². The molecule has 0 N–H and O–H groups in total.